The van der Waals surface area contributed by atoms with Crippen molar-refractivity contribution in [3.8, 4) is 0 Å². The molecule has 0 aliphatic carbocycles. The van der Waals surface area contributed by atoms with E-state index in [1.165, 1.54) is 0 Å². The van der Waals surface area contributed by atoms with Gasteiger partial charge >= 0.3 is 12.1 Å². The summed E-state index contributed by atoms with van der Waals surface area (Å²) in [6.07, 6.45) is -4.72. The molecule has 1 aromatic rings. The number of hydrogen-bond donors (Lipinski definition) is 1. The van der Waals surface area contributed by atoms with Gasteiger partial charge < -0.3 is 5.11 Å². The third-order valence-electron chi connectivity index (χ3n) is 1.69. The van der Waals surface area contributed by atoms with Crippen LogP contribution in [0.15, 0.2) is 22.7 Å². The van der Waals surface area contributed by atoms with Gasteiger partial charge in [-0.1, -0.05) is 22.0 Å². The molecule has 82 valence electrons. The van der Waals surface area contributed by atoms with Crippen LogP contribution in [-0.4, -0.2) is 11.1 Å². The molecule has 0 spiro atoms. The van der Waals surface area contributed by atoms with E-state index < -0.39 is 17.7 Å². The van der Waals surface area contributed by atoms with Gasteiger partial charge in [0.25, 0.3) is 0 Å². The smallest absolute Gasteiger partial charge is 0.417 e. The number of alkyl halides is 3. The van der Waals surface area contributed by atoms with Crippen LogP contribution in [0.4, 0.5) is 13.2 Å². The SMILES string of the molecule is O=C(O)Cc1ccc(C(F)(F)F)c(Br)c1. The number of rotatable bonds is 2. The second-order valence-corrected chi connectivity index (χ2v) is 3.74. The number of carbonyl (C=O) groups is 1. The molecule has 0 fully saturated rings. The van der Waals surface area contributed by atoms with Crippen molar-refractivity contribution in [2.45, 2.75) is 12.6 Å². The number of carboxylic acid groups (broad SMARTS) is 1. The van der Waals surface area contributed by atoms with Crippen molar-refractivity contribution in [2.75, 3.05) is 0 Å². The molecular formula is C9H6BrF3O2. The van der Waals surface area contributed by atoms with Crippen LogP contribution in [-0.2, 0) is 17.4 Å². The summed E-state index contributed by atoms with van der Waals surface area (Å²) in [4.78, 5) is 10.3. The average Bonchev–Trinajstić information content (AvgIpc) is 1.99. The van der Waals surface area contributed by atoms with Gasteiger partial charge in [0.05, 0.1) is 12.0 Å². The van der Waals surface area contributed by atoms with Crippen LogP contribution in [0.25, 0.3) is 0 Å². The first-order valence-electron chi connectivity index (χ1n) is 3.88. The van der Waals surface area contributed by atoms with Crippen molar-refractivity contribution in [1.82, 2.24) is 0 Å². The van der Waals surface area contributed by atoms with Crippen molar-refractivity contribution in [2.24, 2.45) is 0 Å². The lowest BCUT2D eigenvalue weighted by atomic mass is 10.1. The molecule has 0 heterocycles. The van der Waals surface area contributed by atoms with Gasteiger partial charge in [-0.2, -0.15) is 13.2 Å². The van der Waals surface area contributed by atoms with Gasteiger partial charge in [0.2, 0.25) is 0 Å². The van der Waals surface area contributed by atoms with E-state index >= 15 is 0 Å². The van der Waals surface area contributed by atoms with Crippen LogP contribution < -0.4 is 0 Å². The molecule has 0 saturated carbocycles. The molecule has 0 amide bonds. The van der Waals surface area contributed by atoms with E-state index in [0.717, 1.165) is 18.2 Å². The first kappa shape index (κ1) is 12.0. The van der Waals surface area contributed by atoms with E-state index in [-0.39, 0.29) is 10.9 Å². The maximum atomic E-state index is 12.3. The van der Waals surface area contributed by atoms with E-state index in [1.807, 2.05) is 0 Å². The molecule has 0 aliphatic rings. The van der Waals surface area contributed by atoms with Gasteiger partial charge in [0, 0.05) is 4.47 Å². The van der Waals surface area contributed by atoms with Crippen LogP contribution >= 0.6 is 15.9 Å². The second kappa shape index (κ2) is 4.22. The van der Waals surface area contributed by atoms with Gasteiger partial charge in [0.1, 0.15) is 0 Å². The molecule has 0 aliphatic heterocycles. The molecule has 1 aromatic carbocycles. The second-order valence-electron chi connectivity index (χ2n) is 2.88. The Bertz CT molecular complexity index is 387. The summed E-state index contributed by atoms with van der Waals surface area (Å²) in [5, 5.41) is 8.45. The first-order chi connectivity index (χ1) is 6.80. The Morgan fingerprint density at radius 2 is 2.00 bits per heavy atom. The molecule has 0 saturated heterocycles. The zero-order valence-electron chi connectivity index (χ0n) is 7.31. The summed E-state index contributed by atoms with van der Waals surface area (Å²) in [7, 11) is 0. The lowest BCUT2D eigenvalue weighted by Crippen LogP contribution is -2.07. The summed E-state index contributed by atoms with van der Waals surface area (Å²) in [5.74, 6) is -1.08. The standard InChI is InChI=1S/C9H6BrF3O2/c10-7-3-5(4-8(14)15)1-2-6(7)9(11,12)13/h1-3H,4H2,(H,14,15). The quantitative estimate of drug-likeness (QED) is 0.905. The van der Waals surface area contributed by atoms with Crippen molar-refractivity contribution in [1.29, 1.82) is 0 Å². The Labute approximate surface area is 91.8 Å². The number of carboxylic acids is 1. The highest BCUT2D eigenvalue weighted by Gasteiger charge is 2.32. The van der Waals surface area contributed by atoms with Gasteiger partial charge in [-0.05, 0) is 17.7 Å². The zero-order valence-corrected chi connectivity index (χ0v) is 8.89. The van der Waals surface area contributed by atoms with Crippen LogP contribution in [0.2, 0.25) is 0 Å². The molecule has 0 atom stereocenters. The average molecular weight is 283 g/mol. The summed E-state index contributed by atoms with van der Waals surface area (Å²) < 4.78 is 36.7. The van der Waals surface area contributed by atoms with Crippen molar-refractivity contribution < 1.29 is 23.1 Å². The van der Waals surface area contributed by atoms with E-state index in [0.29, 0.717) is 5.56 Å². The van der Waals surface area contributed by atoms with E-state index in [2.05, 4.69) is 15.9 Å². The maximum Gasteiger partial charge on any atom is 0.417 e. The number of hydrogen-bond acceptors (Lipinski definition) is 1. The third kappa shape index (κ3) is 3.23. The number of halogens is 4. The molecule has 0 unspecified atom stereocenters. The molecule has 2 nitrogen and oxygen atoms in total. The largest absolute Gasteiger partial charge is 0.481 e. The molecule has 0 bridgehead atoms. The fraction of sp³-hybridized carbons (Fsp3) is 0.222. The van der Waals surface area contributed by atoms with E-state index in [9.17, 15) is 18.0 Å². The Balaban J connectivity index is 3.04. The Morgan fingerprint density at radius 3 is 2.40 bits per heavy atom. The minimum absolute atomic E-state index is 0.145. The van der Waals surface area contributed by atoms with Crippen molar-refractivity contribution in [3.05, 3.63) is 33.8 Å². The zero-order chi connectivity index (χ0) is 11.6. The fourth-order valence-corrected chi connectivity index (χ4v) is 1.72. The van der Waals surface area contributed by atoms with E-state index in [1.54, 1.807) is 0 Å². The van der Waals surface area contributed by atoms with Crippen molar-refractivity contribution >= 4 is 21.9 Å². The normalized spacial score (nSPS) is 11.5. The summed E-state index contributed by atoms with van der Waals surface area (Å²) in [6.45, 7) is 0. The highest BCUT2D eigenvalue weighted by molar-refractivity contribution is 9.10. The van der Waals surface area contributed by atoms with Gasteiger partial charge in [-0.25, -0.2) is 0 Å². The molecule has 6 heteroatoms. The van der Waals surface area contributed by atoms with Crippen LogP contribution in [0.3, 0.4) is 0 Å². The lowest BCUT2D eigenvalue weighted by Gasteiger charge is -2.09. The number of aliphatic carboxylic acids is 1. The van der Waals surface area contributed by atoms with Gasteiger partial charge in [-0.15, -0.1) is 0 Å². The van der Waals surface area contributed by atoms with Crippen molar-refractivity contribution in [3.63, 3.8) is 0 Å². The van der Waals surface area contributed by atoms with Crippen LogP contribution in [0.1, 0.15) is 11.1 Å². The van der Waals surface area contributed by atoms with E-state index in [4.69, 9.17) is 5.11 Å². The Hall–Kier alpha value is -1.04. The molecule has 0 radical (unpaired) electrons. The topological polar surface area (TPSA) is 37.3 Å². The fourth-order valence-electron chi connectivity index (χ4n) is 1.07. The minimum Gasteiger partial charge on any atom is -0.481 e. The predicted octanol–water partition coefficient (Wildman–Crippen LogP) is 3.10. The molecular weight excluding hydrogens is 277 g/mol. The molecule has 15 heavy (non-hydrogen) atoms. The molecule has 1 rings (SSSR count). The Morgan fingerprint density at radius 1 is 1.40 bits per heavy atom. The summed E-state index contributed by atoms with van der Waals surface area (Å²) >= 11 is 2.76. The Kier molecular flexibility index (Phi) is 3.38. The molecule has 0 aromatic heterocycles. The van der Waals surface area contributed by atoms with Gasteiger partial charge in [-0.3, -0.25) is 4.79 Å². The number of benzene rings is 1. The molecule has 1 N–H and O–H groups in total. The van der Waals surface area contributed by atoms with Crippen LogP contribution in [0, 0.1) is 0 Å². The highest BCUT2D eigenvalue weighted by Crippen LogP contribution is 2.35. The predicted molar refractivity (Wildman–Crippen MR) is 50.5 cm³/mol. The first-order valence-corrected chi connectivity index (χ1v) is 4.67. The highest BCUT2D eigenvalue weighted by atomic mass is 79.9. The maximum absolute atomic E-state index is 12.3. The van der Waals surface area contributed by atoms with Crippen LogP contribution in [0.5, 0.6) is 0 Å². The minimum atomic E-state index is -4.43. The van der Waals surface area contributed by atoms with Gasteiger partial charge in [0.15, 0.2) is 0 Å². The monoisotopic (exact) mass is 282 g/mol. The summed E-state index contributed by atoms with van der Waals surface area (Å²) in [5.41, 5.74) is -0.487. The summed E-state index contributed by atoms with van der Waals surface area (Å²) in [6, 6.07) is 3.18. The lowest BCUT2D eigenvalue weighted by molar-refractivity contribution is -0.138. The third-order valence-corrected chi connectivity index (χ3v) is 2.35.